The third-order valence-corrected chi connectivity index (χ3v) is 2.98. The van der Waals surface area contributed by atoms with Gasteiger partial charge in [-0.1, -0.05) is 24.3 Å². The summed E-state index contributed by atoms with van der Waals surface area (Å²) >= 11 is 0. The first-order chi connectivity index (χ1) is 7.44. The van der Waals surface area contributed by atoms with Gasteiger partial charge in [-0.25, -0.2) is 0 Å². The minimum absolute atomic E-state index is 0.227. The number of hydrogen-bond donors (Lipinski definition) is 0. The number of nitrogens with zero attached hydrogens (tertiary/aromatic N) is 3. The summed E-state index contributed by atoms with van der Waals surface area (Å²) in [6, 6.07) is 11.2. The Labute approximate surface area is 99.3 Å². The lowest BCUT2D eigenvalue weighted by Gasteiger charge is -2.50. The lowest BCUT2D eigenvalue weighted by molar-refractivity contribution is -0.116. The van der Waals surface area contributed by atoms with Gasteiger partial charge in [0, 0.05) is 5.56 Å². The van der Waals surface area contributed by atoms with Crippen molar-refractivity contribution in [3.8, 4) is 0 Å². The molecule has 0 saturated carbocycles. The molecular weight excluding hydrogens is 198 g/mol. The van der Waals surface area contributed by atoms with E-state index < -0.39 is 0 Å². The van der Waals surface area contributed by atoms with Gasteiger partial charge in [-0.2, -0.15) is 0 Å². The second kappa shape index (κ2) is 4.95. The average molecular weight is 220 g/mol. The van der Waals surface area contributed by atoms with Gasteiger partial charge in [0.2, 0.25) is 0 Å². The normalized spacial score (nSPS) is 12.8. The third kappa shape index (κ3) is 1.98. The molecule has 0 heterocycles. The molecule has 1 radical (unpaired) electrons. The van der Waals surface area contributed by atoms with E-state index in [2.05, 4.69) is 75.2 Å². The lowest BCUT2D eigenvalue weighted by Crippen LogP contribution is -2.61. The van der Waals surface area contributed by atoms with Crippen molar-refractivity contribution >= 4 is 0 Å². The van der Waals surface area contributed by atoms with E-state index in [1.165, 1.54) is 5.56 Å². The van der Waals surface area contributed by atoms with E-state index in [1.54, 1.807) is 0 Å². The van der Waals surface area contributed by atoms with Crippen LogP contribution in [0.15, 0.2) is 24.3 Å². The minimum Gasteiger partial charge on any atom is -0.275 e. The first-order valence-corrected chi connectivity index (χ1v) is 5.43. The molecule has 1 aromatic carbocycles. The quantitative estimate of drug-likeness (QED) is 0.708. The van der Waals surface area contributed by atoms with Crippen LogP contribution >= 0.6 is 0 Å². The fourth-order valence-electron chi connectivity index (χ4n) is 2.59. The van der Waals surface area contributed by atoms with Crippen LogP contribution in [0.2, 0.25) is 0 Å². The number of benzene rings is 1. The predicted molar refractivity (Wildman–Crippen MR) is 68.0 cm³/mol. The second-order valence-electron chi connectivity index (χ2n) is 4.61. The molecule has 0 fully saturated rings. The van der Waals surface area contributed by atoms with Crippen LogP contribution in [0.3, 0.4) is 0 Å². The fraction of sp³-hybridized carbons (Fsp3) is 0.538. The highest BCUT2D eigenvalue weighted by atomic mass is 15.5. The van der Waals surface area contributed by atoms with Gasteiger partial charge >= 0.3 is 0 Å². The summed E-state index contributed by atoms with van der Waals surface area (Å²) in [4.78, 5) is 6.63. The predicted octanol–water partition coefficient (Wildman–Crippen LogP) is 1.28. The van der Waals surface area contributed by atoms with Crippen LogP contribution in [0, 0.1) is 6.07 Å². The molecule has 0 aliphatic heterocycles. The van der Waals surface area contributed by atoms with Crippen LogP contribution in [0.5, 0.6) is 0 Å². The zero-order chi connectivity index (χ0) is 12.3. The van der Waals surface area contributed by atoms with Crippen LogP contribution in [-0.2, 0) is 5.79 Å². The smallest absolute Gasteiger partial charge is 0.156 e. The maximum Gasteiger partial charge on any atom is 0.156 e. The summed E-state index contributed by atoms with van der Waals surface area (Å²) < 4.78 is 0. The van der Waals surface area contributed by atoms with Gasteiger partial charge < -0.3 is 0 Å². The number of hydrogen-bond acceptors (Lipinski definition) is 3. The number of rotatable bonds is 4. The van der Waals surface area contributed by atoms with Crippen LogP contribution < -0.4 is 0 Å². The molecule has 0 spiro atoms. The summed E-state index contributed by atoms with van der Waals surface area (Å²) in [6.07, 6.45) is 0. The maximum absolute atomic E-state index is 3.07. The molecule has 0 bridgehead atoms. The zero-order valence-electron chi connectivity index (χ0n) is 11.2. The topological polar surface area (TPSA) is 9.72 Å². The zero-order valence-corrected chi connectivity index (χ0v) is 11.2. The van der Waals surface area contributed by atoms with Crippen molar-refractivity contribution in [2.24, 2.45) is 0 Å². The molecule has 89 valence electrons. The summed E-state index contributed by atoms with van der Waals surface area (Å²) in [6.45, 7) is 0. The van der Waals surface area contributed by atoms with Gasteiger partial charge in [0.05, 0.1) is 0 Å². The molecule has 0 aliphatic carbocycles. The third-order valence-electron chi connectivity index (χ3n) is 2.98. The van der Waals surface area contributed by atoms with Gasteiger partial charge in [0.15, 0.2) is 5.79 Å². The summed E-state index contributed by atoms with van der Waals surface area (Å²) in [5.74, 6) is -0.227. The van der Waals surface area contributed by atoms with Crippen molar-refractivity contribution in [2.75, 3.05) is 42.3 Å². The van der Waals surface area contributed by atoms with Crippen LogP contribution in [0.4, 0.5) is 0 Å². The second-order valence-corrected chi connectivity index (χ2v) is 4.61. The van der Waals surface area contributed by atoms with E-state index in [1.807, 2.05) is 12.1 Å². The van der Waals surface area contributed by atoms with E-state index in [4.69, 9.17) is 0 Å². The molecule has 1 aromatic rings. The van der Waals surface area contributed by atoms with Gasteiger partial charge in [-0.05, 0) is 48.4 Å². The summed E-state index contributed by atoms with van der Waals surface area (Å²) in [7, 11) is 12.6. The Balaban J connectivity index is 3.34. The summed E-state index contributed by atoms with van der Waals surface area (Å²) in [5.41, 5.74) is 1.24. The van der Waals surface area contributed by atoms with E-state index in [0.717, 1.165) is 0 Å². The highest BCUT2D eigenvalue weighted by Crippen LogP contribution is 2.30. The Bertz CT molecular complexity index is 295. The highest BCUT2D eigenvalue weighted by molar-refractivity contribution is 5.22. The van der Waals surface area contributed by atoms with Gasteiger partial charge in [0.25, 0.3) is 0 Å². The molecule has 0 aromatic heterocycles. The van der Waals surface area contributed by atoms with Gasteiger partial charge in [-0.15, -0.1) is 0 Å². The first-order valence-electron chi connectivity index (χ1n) is 5.43. The maximum atomic E-state index is 3.07. The van der Waals surface area contributed by atoms with E-state index in [9.17, 15) is 0 Å². The Morgan fingerprint density at radius 1 is 0.812 bits per heavy atom. The molecule has 3 heteroatoms. The fourth-order valence-corrected chi connectivity index (χ4v) is 2.59. The van der Waals surface area contributed by atoms with Crippen molar-refractivity contribution in [2.45, 2.75) is 5.79 Å². The monoisotopic (exact) mass is 220 g/mol. The first kappa shape index (κ1) is 13.2. The Morgan fingerprint density at radius 2 is 1.19 bits per heavy atom. The average Bonchev–Trinajstić information content (AvgIpc) is 2.18. The van der Waals surface area contributed by atoms with Crippen molar-refractivity contribution in [1.82, 2.24) is 14.7 Å². The van der Waals surface area contributed by atoms with Gasteiger partial charge in [-0.3, -0.25) is 14.7 Å². The molecule has 0 aliphatic rings. The van der Waals surface area contributed by atoms with Crippen molar-refractivity contribution in [3.63, 3.8) is 0 Å². The highest BCUT2D eigenvalue weighted by Gasteiger charge is 2.39. The van der Waals surface area contributed by atoms with Crippen LogP contribution in [0.1, 0.15) is 5.56 Å². The Hall–Kier alpha value is -0.900. The lowest BCUT2D eigenvalue weighted by atomic mass is 10.0. The van der Waals surface area contributed by atoms with E-state index in [-0.39, 0.29) is 5.79 Å². The standard InChI is InChI=1S/C13H22N3/c1-14(2)13(15(3)4,16(5)6)12-10-8-7-9-11-12/h8-11H,1-6H3. The molecular formula is C13H22N3. The van der Waals surface area contributed by atoms with Crippen molar-refractivity contribution in [1.29, 1.82) is 0 Å². The van der Waals surface area contributed by atoms with E-state index >= 15 is 0 Å². The molecule has 0 amide bonds. The molecule has 16 heavy (non-hydrogen) atoms. The Kier molecular flexibility index (Phi) is 4.08. The molecule has 3 nitrogen and oxygen atoms in total. The SMILES string of the molecule is CN(C)C(c1cc[c]cc1)(N(C)C)N(C)C. The van der Waals surface area contributed by atoms with E-state index in [0.29, 0.717) is 0 Å². The molecule has 0 N–H and O–H groups in total. The Morgan fingerprint density at radius 3 is 1.50 bits per heavy atom. The van der Waals surface area contributed by atoms with Crippen molar-refractivity contribution in [3.05, 3.63) is 35.9 Å². The largest absolute Gasteiger partial charge is 0.275 e. The molecule has 1 rings (SSSR count). The van der Waals surface area contributed by atoms with Crippen molar-refractivity contribution < 1.29 is 0 Å². The molecule has 0 unspecified atom stereocenters. The molecule has 0 atom stereocenters. The van der Waals surface area contributed by atoms with Crippen LogP contribution in [-0.4, -0.2) is 57.0 Å². The minimum atomic E-state index is -0.227. The molecule has 0 saturated heterocycles. The van der Waals surface area contributed by atoms with Gasteiger partial charge in [0.1, 0.15) is 0 Å². The summed E-state index contributed by atoms with van der Waals surface area (Å²) in [5, 5.41) is 0. The van der Waals surface area contributed by atoms with Crippen LogP contribution in [0.25, 0.3) is 0 Å².